The molecule has 0 saturated carbocycles. The molecule has 1 atom stereocenters. The average molecular weight is 438 g/mol. The van der Waals surface area contributed by atoms with Crippen molar-refractivity contribution in [3.8, 4) is 0 Å². The summed E-state index contributed by atoms with van der Waals surface area (Å²) in [6.45, 7) is 12.1. The zero-order valence-electron chi connectivity index (χ0n) is 15.6. The number of carbonyl (C=O) groups is 1. The minimum atomic E-state index is 0. The van der Waals surface area contributed by atoms with E-state index in [1.54, 1.807) is 19.0 Å². The molecule has 1 saturated heterocycles. The third-order valence-corrected chi connectivity index (χ3v) is 3.92. The summed E-state index contributed by atoms with van der Waals surface area (Å²) in [6.07, 6.45) is 2.49. The molecule has 1 heterocycles. The van der Waals surface area contributed by atoms with Crippen molar-refractivity contribution in [2.24, 2.45) is 22.7 Å². The van der Waals surface area contributed by atoms with Gasteiger partial charge in [0.25, 0.3) is 0 Å². The summed E-state index contributed by atoms with van der Waals surface area (Å²) >= 11 is 0. The van der Waals surface area contributed by atoms with Gasteiger partial charge in [0.2, 0.25) is 5.91 Å². The third-order valence-electron chi connectivity index (χ3n) is 3.92. The number of halogens is 1. The Kier molecular flexibility index (Phi) is 10.8. The molecule has 0 radical (unpaired) electrons. The van der Waals surface area contributed by atoms with Crippen LogP contribution < -0.4 is 5.32 Å². The Morgan fingerprint density at radius 2 is 1.91 bits per heavy atom. The SMILES string of the molecule is CC(C)CNC(=NCC(=O)N(C)C)N1CCC(CC(C)C)C1.I. The molecule has 0 bridgehead atoms. The van der Waals surface area contributed by atoms with Gasteiger partial charge >= 0.3 is 0 Å². The average Bonchev–Trinajstić information content (AvgIpc) is 2.85. The lowest BCUT2D eigenvalue weighted by Gasteiger charge is -2.23. The molecule has 0 spiro atoms. The highest BCUT2D eigenvalue weighted by atomic mass is 127. The summed E-state index contributed by atoms with van der Waals surface area (Å²) in [5.74, 6) is 2.99. The summed E-state index contributed by atoms with van der Waals surface area (Å²) in [6, 6.07) is 0. The van der Waals surface area contributed by atoms with E-state index in [9.17, 15) is 4.79 Å². The highest BCUT2D eigenvalue weighted by Crippen LogP contribution is 2.23. The second-order valence-electron chi connectivity index (χ2n) is 7.43. The van der Waals surface area contributed by atoms with Gasteiger partial charge in [0.05, 0.1) is 0 Å². The van der Waals surface area contributed by atoms with Crippen LogP contribution in [0.1, 0.15) is 40.5 Å². The van der Waals surface area contributed by atoms with Gasteiger partial charge in [-0.05, 0) is 30.6 Å². The number of hydrogen-bond acceptors (Lipinski definition) is 2. The number of guanidine groups is 1. The third kappa shape index (κ3) is 8.77. The van der Waals surface area contributed by atoms with E-state index in [0.29, 0.717) is 5.92 Å². The van der Waals surface area contributed by atoms with Crippen molar-refractivity contribution in [1.29, 1.82) is 0 Å². The fourth-order valence-corrected chi connectivity index (χ4v) is 2.73. The van der Waals surface area contributed by atoms with Crippen molar-refractivity contribution >= 4 is 35.8 Å². The van der Waals surface area contributed by atoms with Crippen LogP contribution in [0.4, 0.5) is 0 Å². The molecule has 5 nitrogen and oxygen atoms in total. The summed E-state index contributed by atoms with van der Waals surface area (Å²) in [5.41, 5.74) is 0. The molecule has 23 heavy (non-hydrogen) atoms. The number of amides is 1. The molecule has 0 aromatic heterocycles. The second kappa shape index (κ2) is 11.1. The van der Waals surface area contributed by atoms with E-state index >= 15 is 0 Å². The quantitative estimate of drug-likeness (QED) is 0.394. The Balaban J connectivity index is 0.00000484. The van der Waals surface area contributed by atoms with E-state index in [4.69, 9.17) is 0 Å². The molecular formula is C17H35IN4O. The second-order valence-corrected chi connectivity index (χ2v) is 7.43. The molecule has 136 valence electrons. The summed E-state index contributed by atoms with van der Waals surface area (Å²) in [4.78, 5) is 20.2. The van der Waals surface area contributed by atoms with Crippen molar-refractivity contribution in [3.63, 3.8) is 0 Å². The number of hydrogen-bond donors (Lipinski definition) is 1. The summed E-state index contributed by atoms with van der Waals surface area (Å²) < 4.78 is 0. The molecule has 0 aliphatic carbocycles. The van der Waals surface area contributed by atoms with Crippen LogP contribution in [-0.2, 0) is 4.79 Å². The zero-order chi connectivity index (χ0) is 16.7. The summed E-state index contributed by atoms with van der Waals surface area (Å²) in [7, 11) is 3.54. The van der Waals surface area contributed by atoms with Crippen LogP contribution in [0.5, 0.6) is 0 Å². The van der Waals surface area contributed by atoms with Crippen LogP contribution in [0.3, 0.4) is 0 Å². The standard InChI is InChI=1S/C17H34N4O.HI/c1-13(2)9-15-7-8-21(12-15)17(18-10-14(3)4)19-11-16(22)20(5)6;/h13-15H,7-12H2,1-6H3,(H,18,19);1H. The van der Waals surface area contributed by atoms with E-state index in [1.807, 2.05) is 0 Å². The van der Waals surface area contributed by atoms with Crippen molar-refractivity contribution < 1.29 is 4.79 Å². The first-order chi connectivity index (χ1) is 10.3. The van der Waals surface area contributed by atoms with E-state index < -0.39 is 0 Å². The molecule has 0 aromatic rings. The Hall–Kier alpha value is -0.530. The molecule has 1 amide bonds. The van der Waals surface area contributed by atoms with Crippen LogP contribution in [0, 0.1) is 17.8 Å². The maximum Gasteiger partial charge on any atom is 0.243 e. The molecule has 1 rings (SSSR count). The minimum Gasteiger partial charge on any atom is -0.356 e. The van der Waals surface area contributed by atoms with Crippen molar-refractivity contribution in [1.82, 2.24) is 15.1 Å². The Morgan fingerprint density at radius 3 is 2.43 bits per heavy atom. The van der Waals surface area contributed by atoms with Gasteiger partial charge in [-0.15, -0.1) is 24.0 Å². The van der Waals surface area contributed by atoms with E-state index in [0.717, 1.165) is 37.4 Å². The van der Waals surface area contributed by atoms with Crippen LogP contribution in [0.15, 0.2) is 4.99 Å². The van der Waals surface area contributed by atoms with Gasteiger partial charge in [0, 0.05) is 33.7 Å². The van der Waals surface area contributed by atoms with Gasteiger partial charge in [0.1, 0.15) is 6.54 Å². The molecule has 6 heteroatoms. The van der Waals surface area contributed by atoms with Gasteiger partial charge < -0.3 is 15.1 Å². The number of nitrogens with one attached hydrogen (secondary N) is 1. The Bertz CT molecular complexity index is 383. The predicted octanol–water partition coefficient (Wildman–Crippen LogP) is 2.66. The first-order valence-electron chi connectivity index (χ1n) is 8.53. The largest absolute Gasteiger partial charge is 0.356 e. The molecule has 1 unspecified atom stereocenters. The van der Waals surface area contributed by atoms with Gasteiger partial charge in [0.15, 0.2) is 5.96 Å². The van der Waals surface area contributed by atoms with Crippen LogP contribution in [0.25, 0.3) is 0 Å². The minimum absolute atomic E-state index is 0. The number of likely N-dealkylation sites (N-methyl/N-ethyl adjacent to an activating group) is 1. The van der Waals surface area contributed by atoms with Crippen molar-refractivity contribution in [2.75, 3.05) is 40.3 Å². The van der Waals surface area contributed by atoms with Crippen LogP contribution in [-0.4, -0.2) is 61.9 Å². The first kappa shape index (κ1) is 22.5. The Labute approximate surface area is 159 Å². The summed E-state index contributed by atoms with van der Waals surface area (Å²) in [5, 5.41) is 3.43. The maximum atomic E-state index is 11.8. The predicted molar refractivity (Wildman–Crippen MR) is 108 cm³/mol. The van der Waals surface area contributed by atoms with Crippen LogP contribution in [0.2, 0.25) is 0 Å². The lowest BCUT2D eigenvalue weighted by atomic mass is 9.97. The molecular weight excluding hydrogens is 403 g/mol. The normalized spacial score (nSPS) is 18.3. The highest BCUT2D eigenvalue weighted by Gasteiger charge is 2.25. The number of nitrogens with zero attached hydrogens (tertiary/aromatic N) is 3. The van der Waals surface area contributed by atoms with Crippen molar-refractivity contribution in [3.05, 3.63) is 0 Å². The molecule has 1 N–H and O–H groups in total. The van der Waals surface area contributed by atoms with Gasteiger partial charge in [-0.1, -0.05) is 27.7 Å². The monoisotopic (exact) mass is 438 g/mol. The smallest absolute Gasteiger partial charge is 0.243 e. The fraction of sp³-hybridized carbons (Fsp3) is 0.882. The van der Waals surface area contributed by atoms with E-state index in [-0.39, 0.29) is 36.4 Å². The zero-order valence-corrected chi connectivity index (χ0v) is 18.0. The Morgan fingerprint density at radius 1 is 1.26 bits per heavy atom. The number of aliphatic imine (C=N–C) groups is 1. The number of carbonyl (C=O) groups excluding carboxylic acids is 1. The first-order valence-corrected chi connectivity index (χ1v) is 8.53. The fourth-order valence-electron chi connectivity index (χ4n) is 2.73. The van der Waals surface area contributed by atoms with Gasteiger partial charge in [-0.25, -0.2) is 4.99 Å². The van der Waals surface area contributed by atoms with Gasteiger partial charge in [-0.2, -0.15) is 0 Å². The number of likely N-dealkylation sites (tertiary alicyclic amines) is 1. The number of rotatable bonds is 6. The van der Waals surface area contributed by atoms with Gasteiger partial charge in [-0.3, -0.25) is 4.79 Å². The van der Waals surface area contributed by atoms with Crippen molar-refractivity contribution in [2.45, 2.75) is 40.5 Å². The topological polar surface area (TPSA) is 47.9 Å². The van der Waals surface area contributed by atoms with E-state index in [1.165, 1.54) is 12.8 Å². The lowest BCUT2D eigenvalue weighted by molar-refractivity contribution is -0.127. The molecule has 1 aliphatic heterocycles. The highest BCUT2D eigenvalue weighted by molar-refractivity contribution is 14.0. The molecule has 0 aromatic carbocycles. The van der Waals surface area contributed by atoms with E-state index in [2.05, 4.69) is 42.9 Å². The lowest BCUT2D eigenvalue weighted by Crippen LogP contribution is -2.42. The molecule has 1 fully saturated rings. The van der Waals surface area contributed by atoms with Crippen LogP contribution >= 0.6 is 24.0 Å². The molecule has 1 aliphatic rings. The maximum absolute atomic E-state index is 11.8.